The third-order valence-corrected chi connectivity index (χ3v) is 5.27. The summed E-state index contributed by atoms with van der Waals surface area (Å²) in [6, 6.07) is 10.9. The van der Waals surface area contributed by atoms with Crippen LogP contribution in [-0.4, -0.2) is 15.3 Å². The normalized spacial score (nSPS) is 13.7. The van der Waals surface area contributed by atoms with Gasteiger partial charge in [-0.25, -0.2) is 0 Å². The van der Waals surface area contributed by atoms with Gasteiger partial charge in [0.15, 0.2) is 5.76 Å². The molecule has 0 amide bonds. The van der Waals surface area contributed by atoms with Gasteiger partial charge in [-0.1, -0.05) is 6.07 Å². The number of phenolic OH excluding ortho intramolecular Hbond substituents is 1. The highest BCUT2D eigenvalue weighted by molar-refractivity contribution is 6.05. The molecule has 1 aliphatic carbocycles. The van der Waals surface area contributed by atoms with Gasteiger partial charge in [-0.2, -0.15) is 23.5 Å². The lowest BCUT2D eigenvalue weighted by Crippen LogP contribution is -2.09. The molecule has 0 aliphatic heterocycles. The van der Waals surface area contributed by atoms with E-state index in [1.807, 2.05) is 12.1 Å². The standard InChI is InChI=1S/C22H12F3N3O2/c23-22(24,25)18-7-14(29)6-17-16(18)8-15(20(17)21-12(9-26)3-4-30-21)11-1-2-19-13(5-11)10-27-28-19/h1-7,10,29H,8H2,(H,27,28). The number of rotatable bonds is 2. The minimum atomic E-state index is -4.64. The number of allylic oxidation sites excluding steroid dienone is 1. The highest BCUT2D eigenvalue weighted by Gasteiger charge is 2.39. The van der Waals surface area contributed by atoms with Crippen molar-refractivity contribution in [3.63, 3.8) is 0 Å². The van der Waals surface area contributed by atoms with E-state index in [1.165, 1.54) is 18.4 Å². The monoisotopic (exact) mass is 407 g/mol. The molecule has 4 aromatic rings. The largest absolute Gasteiger partial charge is 0.508 e. The lowest BCUT2D eigenvalue weighted by atomic mass is 9.96. The Hall–Kier alpha value is -3.99. The summed E-state index contributed by atoms with van der Waals surface area (Å²) < 4.78 is 46.7. The van der Waals surface area contributed by atoms with Gasteiger partial charge in [-0.15, -0.1) is 0 Å². The van der Waals surface area contributed by atoms with Crippen molar-refractivity contribution < 1.29 is 22.7 Å². The number of hydrogen-bond acceptors (Lipinski definition) is 4. The minimum absolute atomic E-state index is 0.0191. The van der Waals surface area contributed by atoms with Gasteiger partial charge < -0.3 is 9.52 Å². The zero-order valence-electron chi connectivity index (χ0n) is 15.2. The molecule has 0 bridgehead atoms. The predicted molar refractivity (Wildman–Crippen MR) is 102 cm³/mol. The highest BCUT2D eigenvalue weighted by Crippen LogP contribution is 2.49. The van der Waals surface area contributed by atoms with Gasteiger partial charge in [0, 0.05) is 17.4 Å². The zero-order chi connectivity index (χ0) is 21.0. The number of benzene rings is 2. The van der Waals surface area contributed by atoms with E-state index in [0.717, 1.165) is 17.0 Å². The summed E-state index contributed by atoms with van der Waals surface area (Å²) in [7, 11) is 0. The second-order valence-corrected chi connectivity index (χ2v) is 6.99. The molecule has 0 unspecified atom stereocenters. The minimum Gasteiger partial charge on any atom is -0.508 e. The maximum Gasteiger partial charge on any atom is 0.416 e. The summed E-state index contributed by atoms with van der Waals surface area (Å²) in [5.41, 5.74) is 1.97. The van der Waals surface area contributed by atoms with Crippen molar-refractivity contribution >= 4 is 22.0 Å². The van der Waals surface area contributed by atoms with Crippen LogP contribution in [0.15, 0.2) is 53.3 Å². The molecule has 30 heavy (non-hydrogen) atoms. The third-order valence-electron chi connectivity index (χ3n) is 5.27. The van der Waals surface area contributed by atoms with E-state index in [9.17, 15) is 23.5 Å². The Morgan fingerprint density at radius 1 is 1.17 bits per heavy atom. The number of nitriles is 1. The number of aromatic nitrogens is 2. The Morgan fingerprint density at radius 3 is 2.77 bits per heavy atom. The van der Waals surface area contributed by atoms with E-state index in [4.69, 9.17) is 4.42 Å². The summed E-state index contributed by atoms with van der Waals surface area (Å²) in [5, 5.41) is 27.1. The second-order valence-electron chi connectivity index (χ2n) is 6.99. The molecule has 0 radical (unpaired) electrons. The quantitative estimate of drug-likeness (QED) is 0.474. The van der Waals surface area contributed by atoms with Crippen LogP contribution in [0.3, 0.4) is 0 Å². The first-order valence-electron chi connectivity index (χ1n) is 8.95. The average Bonchev–Trinajstić information content (AvgIpc) is 3.42. The summed E-state index contributed by atoms with van der Waals surface area (Å²) >= 11 is 0. The van der Waals surface area contributed by atoms with Crippen LogP contribution in [0.4, 0.5) is 13.2 Å². The van der Waals surface area contributed by atoms with E-state index < -0.39 is 17.5 Å². The maximum atomic E-state index is 13.7. The number of aromatic amines is 1. The number of nitrogens with one attached hydrogen (secondary N) is 1. The number of hydrogen-bond donors (Lipinski definition) is 2. The van der Waals surface area contributed by atoms with Gasteiger partial charge >= 0.3 is 6.18 Å². The molecule has 8 heteroatoms. The van der Waals surface area contributed by atoms with Crippen molar-refractivity contribution in [3.05, 3.63) is 82.4 Å². The van der Waals surface area contributed by atoms with Crippen LogP contribution in [0.1, 0.15) is 33.6 Å². The molecule has 5 nitrogen and oxygen atoms in total. The van der Waals surface area contributed by atoms with Gasteiger partial charge in [-0.3, -0.25) is 5.10 Å². The molecule has 2 N–H and O–H groups in total. The number of halogens is 3. The Bertz CT molecular complexity index is 1390. The SMILES string of the molecule is N#Cc1ccoc1C1=C(c2ccc3[nH]ncc3c2)Cc2c1cc(O)cc2C(F)(F)F. The van der Waals surface area contributed by atoms with Gasteiger partial charge in [-0.05, 0) is 52.6 Å². The van der Waals surface area contributed by atoms with Crippen LogP contribution in [0.5, 0.6) is 5.75 Å². The lowest BCUT2D eigenvalue weighted by Gasteiger charge is -2.13. The van der Waals surface area contributed by atoms with Crippen LogP contribution >= 0.6 is 0 Å². The maximum absolute atomic E-state index is 13.7. The summed E-state index contributed by atoms with van der Waals surface area (Å²) in [4.78, 5) is 0. The van der Waals surface area contributed by atoms with Crippen LogP contribution < -0.4 is 0 Å². The van der Waals surface area contributed by atoms with Crippen molar-refractivity contribution in [3.8, 4) is 11.8 Å². The first-order valence-corrected chi connectivity index (χ1v) is 8.95. The van der Waals surface area contributed by atoms with Crippen molar-refractivity contribution in [1.82, 2.24) is 10.2 Å². The fourth-order valence-corrected chi connectivity index (χ4v) is 3.98. The van der Waals surface area contributed by atoms with Gasteiger partial charge in [0.05, 0.1) is 29.1 Å². The van der Waals surface area contributed by atoms with Gasteiger partial charge in [0.25, 0.3) is 0 Å². The van der Waals surface area contributed by atoms with Crippen LogP contribution in [0, 0.1) is 11.3 Å². The average molecular weight is 407 g/mol. The van der Waals surface area contributed by atoms with Crippen molar-refractivity contribution in [2.24, 2.45) is 0 Å². The number of phenols is 1. The summed E-state index contributed by atoms with van der Waals surface area (Å²) in [6.07, 6.45) is -1.71. The first-order chi connectivity index (χ1) is 14.4. The number of fused-ring (bicyclic) bond motifs is 2. The smallest absolute Gasteiger partial charge is 0.416 e. The zero-order valence-corrected chi connectivity index (χ0v) is 15.2. The fraction of sp³-hybridized carbons (Fsp3) is 0.0909. The Labute approximate surface area is 167 Å². The molecule has 148 valence electrons. The van der Waals surface area contributed by atoms with E-state index >= 15 is 0 Å². The number of H-pyrrole nitrogens is 1. The number of furan rings is 1. The molecular weight excluding hydrogens is 395 g/mol. The Kier molecular flexibility index (Phi) is 3.77. The molecule has 0 spiro atoms. The van der Waals surface area contributed by atoms with Crippen LogP contribution in [0.25, 0.3) is 22.0 Å². The molecule has 0 saturated heterocycles. The number of nitrogens with zero attached hydrogens (tertiary/aromatic N) is 2. The number of aromatic hydroxyl groups is 1. The highest BCUT2D eigenvalue weighted by atomic mass is 19.4. The molecule has 1 aliphatic rings. The number of alkyl halides is 3. The molecule has 2 aromatic heterocycles. The molecule has 0 saturated carbocycles. The van der Waals surface area contributed by atoms with Gasteiger partial charge in [0.1, 0.15) is 11.8 Å². The first kappa shape index (κ1) is 18.1. The third kappa shape index (κ3) is 2.67. The van der Waals surface area contributed by atoms with E-state index in [1.54, 1.807) is 18.3 Å². The molecular formula is C22H12F3N3O2. The van der Waals surface area contributed by atoms with Gasteiger partial charge in [0.2, 0.25) is 0 Å². The summed E-state index contributed by atoms with van der Waals surface area (Å²) in [5.74, 6) is -0.326. The Morgan fingerprint density at radius 2 is 2.00 bits per heavy atom. The van der Waals surface area contributed by atoms with E-state index in [0.29, 0.717) is 16.7 Å². The van der Waals surface area contributed by atoms with Crippen molar-refractivity contribution in [1.29, 1.82) is 5.26 Å². The fourth-order valence-electron chi connectivity index (χ4n) is 3.98. The molecule has 0 atom stereocenters. The molecule has 2 heterocycles. The van der Waals surface area contributed by atoms with E-state index in [2.05, 4.69) is 10.2 Å². The van der Waals surface area contributed by atoms with E-state index in [-0.39, 0.29) is 28.9 Å². The molecule has 5 rings (SSSR count). The Balaban J connectivity index is 1.82. The second kappa shape index (κ2) is 6.26. The van der Waals surface area contributed by atoms with Crippen molar-refractivity contribution in [2.45, 2.75) is 12.6 Å². The van der Waals surface area contributed by atoms with Crippen LogP contribution in [-0.2, 0) is 12.6 Å². The topological polar surface area (TPSA) is 85.8 Å². The molecule has 2 aromatic carbocycles. The van der Waals surface area contributed by atoms with Crippen molar-refractivity contribution in [2.75, 3.05) is 0 Å². The lowest BCUT2D eigenvalue weighted by molar-refractivity contribution is -0.138. The van der Waals surface area contributed by atoms with Crippen LogP contribution in [0.2, 0.25) is 0 Å². The predicted octanol–water partition coefficient (Wildman–Crippen LogP) is 5.27. The molecule has 0 fully saturated rings. The summed E-state index contributed by atoms with van der Waals surface area (Å²) in [6.45, 7) is 0.